The molecular formula is C27H48N2SiTi. The van der Waals surface area contributed by atoms with E-state index in [4.69, 9.17) is 0 Å². The van der Waals surface area contributed by atoms with Crippen molar-refractivity contribution in [2.24, 2.45) is 0 Å². The molecule has 1 heterocycles. The topological polar surface area (TPSA) is 15.3 Å². The summed E-state index contributed by atoms with van der Waals surface area (Å²) >= 11 is -2.25. The minimum atomic E-state index is -2.25. The van der Waals surface area contributed by atoms with Crippen LogP contribution < -0.4 is 3.80 Å². The molecule has 0 radical (unpaired) electrons. The SMILES string of the molecule is [CH3][Ti]([CH3])([NH]C1CCCCCCCCCCC1)[CH]1C=C(N2CCCC2)c2ccccc21.[SiH4]. The van der Waals surface area contributed by atoms with Crippen molar-refractivity contribution < 1.29 is 16.8 Å². The van der Waals surface area contributed by atoms with Gasteiger partial charge in [0.2, 0.25) is 0 Å². The third kappa shape index (κ3) is 6.59. The van der Waals surface area contributed by atoms with Gasteiger partial charge in [-0.25, -0.2) is 0 Å². The Morgan fingerprint density at radius 2 is 1.32 bits per heavy atom. The maximum absolute atomic E-state index is 4.37. The number of nitrogens with zero attached hydrogens (tertiary/aromatic N) is 1. The van der Waals surface area contributed by atoms with E-state index >= 15 is 0 Å². The number of fused-ring (bicyclic) bond motifs is 1. The van der Waals surface area contributed by atoms with Crippen molar-refractivity contribution in [3.8, 4) is 0 Å². The molecule has 2 fully saturated rings. The molecule has 2 aliphatic carbocycles. The van der Waals surface area contributed by atoms with Gasteiger partial charge in [0.1, 0.15) is 0 Å². The first-order valence-corrected chi connectivity index (χ1v) is 17.8. The van der Waals surface area contributed by atoms with Gasteiger partial charge in [-0.1, -0.05) is 0 Å². The molecule has 0 spiro atoms. The van der Waals surface area contributed by atoms with Crippen molar-refractivity contribution in [2.75, 3.05) is 13.1 Å². The first-order valence-electron chi connectivity index (χ1n) is 13.0. The molecule has 0 bridgehead atoms. The zero-order valence-electron chi connectivity index (χ0n) is 19.6. The molecule has 1 N–H and O–H groups in total. The molecule has 3 aliphatic rings. The van der Waals surface area contributed by atoms with Crippen molar-refractivity contribution in [2.45, 2.75) is 104 Å². The second-order valence-corrected chi connectivity index (χ2v) is 17.4. The Labute approximate surface area is 200 Å². The molecule has 1 aromatic rings. The summed E-state index contributed by atoms with van der Waals surface area (Å²) in [5, 5.41) is 5.28. The van der Waals surface area contributed by atoms with Crippen LogP contribution in [0.4, 0.5) is 0 Å². The van der Waals surface area contributed by atoms with Gasteiger partial charge in [0.05, 0.1) is 0 Å². The predicted molar refractivity (Wildman–Crippen MR) is 139 cm³/mol. The second-order valence-electron chi connectivity index (χ2n) is 10.6. The van der Waals surface area contributed by atoms with Crippen LogP contribution in [0.2, 0.25) is 10.5 Å². The van der Waals surface area contributed by atoms with Crippen LogP contribution in [0, 0.1) is 0 Å². The van der Waals surface area contributed by atoms with Gasteiger partial charge in [-0.05, 0) is 11.0 Å². The van der Waals surface area contributed by atoms with Crippen LogP contribution in [-0.2, 0) is 16.8 Å². The molecule has 4 rings (SSSR count). The summed E-state index contributed by atoms with van der Waals surface area (Å²) in [5.74, 6) is 0. The average Bonchev–Trinajstić information content (AvgIpc) is 3.38. The number of hydrogen-bond acceptors (Lipinski definition) is 2. The average molecular weight is 477 g/mol. The number of allylic oxidation sites excluding steroid dienone is 1. The maximum atomic E-state index is 4.37. The molecule has 0 amide bonds. The Bertz CT molecular complexity index is 699. The van der Waals surface area contributed by atoms with Crippen LogP contribution in [0.5, 0.6) is 0 Å². The number of rotatable bonds is 4. The van der Waals surface area contributed by atoms with Crippen LogP contribution >= 0.6 is 0 Å². The maximum Gasteiger partial charge on any atom is -0.0149 e. The van der Waals surface area contributed by atoms with E-state index in [-0.39, 0.29) is 11.0 Å². The molecule has 1 aromatic carbocycles. The van der Waals surface area contributed by atoms with Crippen LogP contribution in [0.15, 0.2) is 30.3 Å². The van der Waals surface area contributed by atoms with E-state index < -0.39 is 16.8 Å². The minimum Gasteiger partial charge on any atom is -0.0149 e. The van der Waals surface area contributed by atoms with Crippen molar-refractivity contribution in [3.63, 3.8) is 0 Å². The number of benzene rings is 1. The van der Waals surface area contributed by atoms with Crippen molar-refractivity contribution in [1.82, 2.24) is 8.70 Å². The Hall–Kier alpha value is -0.349. The van der Waals surface area contributed by atoms with Gasteiger partial charge in [-0.2, -0.15) is 0 Å². The van der Waals surface area contributed by atoms with Gasteiger partial charge in [0.15, 0.2) is 0 Å². The summed E-state index contributed by atoms with van der Waals surface area (Å²) in [6.07, 6.45) is 21.2. The van der Waals surface area contributed by atoms with Crippen LogP contribution in [0.25, 0.3) is 5.70 Å². The van der Waals surface area contributed by atoms with Crippen LogP contribution in [-0.4, -0.2) is 35.0 Å². The van der Waals surface area contributed by atoms with Gasteiger partial charge in [0.25, 0.3) is 0 Å². The summed E-state index contributed by atoms with van der Waals surface area (Å²) in [5.41, 5.74) is 4.70. The van der Waals surface area contributed by atoms with Gasteiger partial charge < -0.3 is 0 Å². The van der Waals surface area contributed by atoms with Crippen molar-refractivity contribution in [3.05, 3.63) is 41.5 Å². The fraction of sp³-hybridized carbons (Fsp3) is 0.704. The summed E-state index contributed by atoms with van der Waals surface area (Å²) in [6, 6.07) is 10.1. The van der Waals surface area contributed by atoms with E-state index in [0.29, 0.717) is 4.22 Å². The molecule has 1 unspecified atom stereocenters. The molecule has 1 atom stereocenters. The van der Waals surface area contributed by atoms with Gasteiger partial charge in [0, 0.05) is 0 Å². The van der Waals surface area contributed by atoms with Crippen molar-refractivity contribution in [1.29, 1.82) is 0 Å². The number of likely N-dealkylation sites (tertiary alicyclic amines) is 1. The Morgan fingerprint density at radius 3 is 1.94 bits per heavy atom. The third-order valence-corrected chi connectivity index (χ3v) is 12.8. The fourth-order valence-corrected chi connectivity index (χ4v) is 11.0. The number of nitrogens with one attached hydrogen (secondary N) is 1. The molecule has 1 saturated carbocycles. The quantitative estimate of drug-likeness (QED) is 0.524. The van der Waals surface area contributed by atoms with Crippen molar-refractivity contribution >= 4 is 16.7 Å². The molecule has 1 aliphatic heterocycles. The van der Waals surface area contributed by atoms with Gasteiger partial charge in [-0.3, -0.25) is 0 Å². The summed E-state index contributed by atoms with van der Waals surface area (Å²) in [7, 11) is 0. The first kappa shape index (κ1) is 25.3. The molecule has 2 nitrogen and oxygen atoms in total. The molecule has 174 valence electrons. The minimum absolute atomic E-state index is 0. The molecule has 1 saturated heterocycles. The van der Waals surface area contributed by atoms with Crippen LogP contribution in [0.1, 0.15) is 98.8 Å². The van der Waals surface area contributed by atoms with E-state index in [1.165, 1.54) is 102 Å². The Morgan fingerprint density at radius 1 is 0.774 bits per heavy atom. The summed E-state index contributed by atoms with van der Waals surface area (Å²) < 4.78 is 5.02. The number of hydrogen-bond donors (Lipinski definition) is 1. The standard InChI is InChI=1S/C13H14N.C12H24N.2CH3.H4Si.Ti/c1-2-6-12-11(5-1)7-8-13(12)14-9-3-4-10-14;13-12-10-8-6-4-2-1-3-5-7-9-11-12;;;;/h1-2,5-8H,3-4,9-10H2;12-13H,1-11H2;2*1H3;1H4;/q;-1;;;;+1. The third-order valence-electron chi connectivity index (χ3n) is 7.80. The zero-order valence-corrected chi connectivity index (χ0v) is 21.2. The van der Waals surface area contributed by atoms with E-state index in [0.717, 1.165) is 6.04 Å². The first-order chi connectivity index (χ1) is 14.6. The van der Waals surface area contributed by atoms with Crippen LogP contribution in [0.3, 0.4) is 0 Å². The monoisotopic (exact) mass is 476 g/mol. The van der Waals surface area contributed by atoms with E-state index in [2.05, 4.69) is 49.5 Å². The van der Waals surface area contributed by atoms with E-state index in [1.807, 2.05) is 0 Å². The second kappa shape index (κ2) is 12.2. The normalized spacial score (nSPS) is 24.0. The zero-order chi connectivity index (χ0) is 20.8. The largest absolute Gasteiger partial charge is 0.0149 e. The molecular weight excluding hydrogens is 428 g/mol. The summed E-state index contributed by atoms with van der Waals surface area (Å²) in [6.45, 7) is 2.49. The Kier molecular flexibility index (Phi) is 9.95. The predicted octanol–water partition coefficient (Wildman–Crippen LogP) is 6.15. The molecule has 4 heteroatoms. The van der Waals surface area contributed by atoms with E-state index in [1.54, 1.807) is 11.3 Å². The fourth-order valence-electron chi connectivity index (χ4n) is 6.09. The summed E-state index contributed by atoms with van der Waals surface area (Å²) in [4.78, 5) is 2.66. The Balaban J connectivity index is 0.00000272. The van der Waals surface area contributed by atoms with Gasteiger partial charge in [-0.15, -0.1) is 0 Å². The smallest absolute Gasteiger partial charge is 0.0149 e. The van der Waals surface area contributed by atoms with E-state index in [9.17, 15) is 0 Å². The molecule has 0 aromatic heterocycles. The van der Waals surface area contributed by atoms with Gasteiger partial charge >= 0.3 is 190 Å². The molecule has 31 heavy (non-hydrogen) atoms.